The minimum atomic E-state index is 0.000929. The van der Waals surface area contributed by atoms with Gasteiger partial charge in [-0.25, -0.2) is 0 Å². The van der Waals surface area contributed by atoms with E-state index >= 15 is 0 Å². The quantitative estimate of drug-likeness (QED) is 0.874. The number of anilines is 1. The Hall–Kier alpha value is -1.21. The molecule has 2 heterocycles. The molecule has 1 aromatic rings. The van der Waals surface area contributed by atoms with Crippen molar-refractivity contribution >= 4 is 22.4 Å². The number of carbonyl (C=O) groups excluding carboxylic acids is 1. The first-order valence-corrected chi connectivity index (χ1v) is 6.96. The van der Waals surface area contributed by atoms with Crippen molar-refractivity contribution in [3.8, 4) is 0 Å². The van der Waals surface area contributed by atoms with E-state index in [0.29, 0.717) is 16.2 Å². The molecule has 0 aliphatic carbocycles. The Balaban J connectivity index is 1.99. The molecule has 0 spiro atoms. The number of likely N-dealkylation sites (tertiary alicyclic amines) is 1. The van der Waals surface area contributed by atoms with Crippen LogP contribution in [0.1, 0.15) is 23.1 Å². The molecule has 2 rings (SSSR count). The van der Waals surface area contributed by atoms with Gasteiger partial charge in [0, 0.05) is 25.7 Å². The molecule has 7 heteroatoms. The van der Waals surface area contributed by atoms with E-state index in [0.717, 1.165) is 26.1 Å². The Morgan fingerprint density at radius 3 is 2.94 bits per heavy atom. The summed E-state index contributed by atoms with van der Waals surface area (Å²) in [4.78, 5) is 16.2. The van der Waals surface area contributed by atoms with E-state index in [2.05, 4.69) is 20.4 Å². The topological polar surface area (TPSA) is 61.4 Å². The Morgan fingerprint density at radius 2 is 2.33 bits per heavy atom. The molecule has 1 aliphatic heterocycles. The van der Waals surface area contributed by atoms with Crippen LogP contribution in [-0.4, -0.2) is 65.7 Å². The highest BCUT2D eigenvalue weighted by atomic mass is 32.1. The number of amides is 1. The van der Waals surface area contributed by atoms with E-state index in [4.69, 9.17) is 0 Å². The third-order valence-electron chi connectivity index (χ3n) is 3.12. The van der Waals surface area contributed by atoms with Gasteiger partial charge in [-0.1, -0.05) is 11.3 Å². The van der Waals surface area contributed by atoms with Gasteiger partial charge in [-0.3, -0.25) is 4.79 Å². The molecule has 0 radical (unpaired) electrons. The maximum absolute atomic E-state index is 12.2. The molecule has 0 aromatic carbocycles. The largest absolute Gasteiger partial charge is 0.360 e. The summed E-state index contributed by atoms with van der Waals surface area (Å²) in [7, 11) is 4.10. The van der Waals surface area contributed by atoms with Gasteiger partial charge in [0.25, 0.3) is 5.91 Å². The lowest BCUT2D eigenvalue weighted by Crippen LogP contribution is -2.34. The number of rotatable bonds is 4. The molecule has 1 unspecified atom stereocenters. The second-order valence-electron chi connectivity index (χ2n) is 4.60. The van der Waals surface area contributed by atoms with Gasteiger partial charge in [0.15, 0.2) is 0 Å². The molecule has 0 bridgehead atoms. The summed E-state index contributed by atoms with van der Waals surface area (Å²) in [5.41, 5.74) is 0. The highest BCUT2D eigenvalue weighted by Gasteiger charge is 2.29. The number of nitrogens with one attached hydrogen (secondary N) is 1. The lowest BCUT2D eigenvalue weighted by molar-refractivity contribution is 0.0782. The van der Waals surface area contributed by atoms with E-state index in [9.17, 15) is 4.79 Å². The number of nitrogens with zero attached hydrogens (tertiary/aromatic N) is 4. The number of aromatic nitrogens is 2. The highest BCUT2D eigenvalue weighted by Crippen LogP contribution is 2.20. The normalized spacial score (nSPS) is 19.6. The van der Waals surface area contributed by atoms with Crippen LogP contribution in [-0.2, 0) is 0 Å². The second kappa shape index (κ2) is 5.62. The van der Waals surface area contributed by atoms with Crippen molar-refractivity contribution in [2.75, 3.05) is 39.0 Å². The summed E-state index contributed by atoms with van der Waals surface area (Å²) >= 11 is 1.32. The van der Waals surface area contributed by atoms with E-state index in [1.165, 1.54) is 11.3 Å². The molecule has 1 fully saturated rings. The molecule has 1 amide bonds. The first kappa shape index (κ1) is 13.2. The van der Waals surface area contributed by atoms with Gasteiger partial charge >= 0.3 is 0 Å². The van der Waals surface area contributed by atoms with E-state index in [1.54, 1.807) is 0 Å². The lowest BCUT2D eigenvalue weighted by Gasteiger charge is -2.19. The van der Waals surface area contributed by atoms with Crippen molar-refractivity contribution in [3.63, 3.8) is 0 Å². The van der Waals surface area contributed by atoms with E-state index < -0.39 is 0 Å². The minimum Gasteiger partial charge on any atom is -0.360 e. The molecule has 1 aromatic heterocycles. The van der Waals surface area contributed by atoms with Gasteiger partial charge in [-0.05, 0) is 27.4 Å². The smallest absolute Gasteiger partial charge is 0.284 e. The third-order valence-corrected chi connectivity index (χ3v) is 3.99. The molecular formula is C11H19N5OS. The van der Waals surface area contributed by atoms with Gasteiger partial charge in [0.05, 0.1) is 0 Å². The molecule has 1 aliphatic rings. The van der Waals surface area contributed by atoms with Crippen molar-refractivity contribution in [2.45, 2.75) is 19.4 Å². The molecule has 6 nitrogen and oxygen atoms in total. The van der Waals surface area contributed by atoms with Crippen LogP contribution in [0.2, 0.25) is 0 Å². The van der Waals surface area contributed by atoms with Crippen molar-refractivity contribution in [2.24, 2.45) is 0 Å². The monoisotopic (exact) mass is 269 g/mol. The van der Waals surface area contributed by atoms with Crippen LogP contribution in [0.5, 0.6) is 0 Å². The van der Waals surface area contributed by atoms with Crippen LogP contribution < -0.4 is 5.32 Å². The minimum absolute atomic E-state index is 0.000929. The Bertz CT molecular complexity index is 419. The molecule has 1 saturated heterocycles. The van der Waals surface area contributed by atoms with Crippen LogP contribution in [0.3, 0.4) is 0 Å². The summed E-state index contributed by atoms with van der Waals surface area (Å²) in [6, 6.07) is 0.454. The molecule has 0 saturated carbocycles. The molecule has 1 N–H and O–H groups in total. The summed E-state index contributed by atoms with van der Waals surface area (Å²) in [6.07, 6.45) is 1.03. The number of likely N-dealkylation sites (N-methyl/N-ethyl adjacent to an activating group) is 1. The standard InChI is InChI=1S/C11H19N5OS/c1-4-12-11-14-13-9(18-11)10(17)16-6-5-8(7-16)15(2)3/h8H,4-7H2,1-3H3,(H,12,14). The maximum atomic E-state index is 12.2. The zero-order chi connectivity index (χ0) is 13.1. The highest BCUT2D eigenvalue weighted by molar-refractivity contribution is 7.17. The Labute approximate surface area is 111 Å². The number of carbonyl (C=O) groups is 1. The summed E-state index contributed by atoms with van der Waals surface area (Å²) in [5, 5.41) is 12.2. The average Bonchev–Trinajstić information content (AvgIpc) is 2.97. The summed E-state index contributed by atoms with van der Waals surface area (Å²) < 4.78 is 0. The third kappa shape index (κ3) is 2.78. The van der Waals surface area contributed by atoms with Gasteiger partial charge in [-0.15, -0.1) is 10.2 Å². The first-order valence-electron chi connectivity index (χ1n) is 6.15. The fraction of sp³-hybridized carbons (Fsp3) is 0.727. The Morgan fingerprint density at radius 1 is 1.56 bits per heavy atom. The molecule has 18 heavy (non-hydrogen) atoms. The van der Waals surface area contributed by atoms with Crippen molar-refractivity contribution in [1.29, 1.82) is 0 Å². The van der Waals surface area contributed by atoms with Gasteiger partial charge in [-0.2, -0.15) is 0 Å². The fourth-order valence-corrected chi connectivity index (χ4v) is 2.79. The zero-order valence-electron chi connectivity index (χ0n) is 11.0. The average molecular weight is 269 g/mol. The van der Waals surface area contributed by atoms with Crippen LogP contribution >= 0.6 is 11.3 Å². The Kier molecular flexibility index (Phi) is 4.13. The van der Waals surface area contributed by atoms with Crippen LogP contribution in [0, 0.1) is 0 Å². The van der Waals surface area contributed by atoms with Crippen molar-refractivity contribution < 1.29 is 4.79 Å². The van der Waals surface area contributed by atoms with Crippen molar-refractivity contribution in [1.82, 2.24) is 20.0 Å². The van der Waals surface area contributed by atoms with Crippen LogP contribution in [0.15, 0.2) is 0 Å². The summed E-state index contributed by atoms with van der Waals surface area (Å²) in [6.45, 7) is 4.36. The van der Waals surface area contributed by atoms with Gasteiger partial charge in [0.1, 0.15) is 0 Å². The lowest BCUT2D eigenvalue weighted by atomic mass is 10.2. The zero-order valence-corrected chi connectivity index (χ0v) is 11.8. The summed E-state index contributed by atoms with van der Waals surface area (Å²) in [5.74, 6) is 0.000929. The first-order chi connectivity index (χ1) is 8.61. The maximum Gasteiger partial charge on any atom is 0.284 e. The van der Waals surface area contributed by atoms with Crippen molar-refractivity contribution in [3.05, 3.63) is 5.01 Å². The van der Waals surface area contributed by atoms with Crippen LogP contribution in [0.4, 0.5) is 5.13 Å². The van der Waals surface area contributed by atoms with E-state index in [1.807, 2.05) is 25.9 Å². The van der Waals surface area contributed by atoms with Gasteiger partial charge < -0.3 is 15.1 Å². The number of hydrogen-bond acceptors (Lipinski definition) is 6. The number of hydrogen-bond donors (Lipinski definition) is 1. The predicted molar refractivity (Wildman–Crippen MR) is 72.1 cm³/mol. The molecule has 100 valence electrons. The van der Waals surface area contributed by atoms with E-state index in [-0.39, 0.29) is 5.91 Å². The SMILES string of the molecule is CCNc1nnc(C(=O)N2CCC(N(C)C)C2)s1. The second-order valence-corrected chi connectivity index (χ2v) is 5.58. The van der Waals surface area contributed by atoms with Gasteiger partial charge in [0.2, 0.25) is 10.1 Å². The molecule has 1 atom stereocenters. The molecular weight excluding hydrogens is 250 g/mol. The van der Waals surface area contributed by atoms with Crippen LogP contribution in [0.25, 0.3) is 0 Å². The fourth-order valence-electron chi connectivity index (χ4n) is 2.02. The predicted octanol–water partition coefficient (Wildman–Crippen LogP) is 0.746.